The summed E-state index contributed by atoms with van der Waals surface area (Å²) in [4.78, 5) is 4.69. The Morgan fingerprint density at radius 1 is 1.08 bits per heavy atom. The molecule has 24 heavy (non-hydrogen) atoms. The van der Waals surface area contributed by atoms with Crippen LogP contribution in [0.15, 0.2) is 47.1 Å². The van der Waals surface area contributed by atoms with Gasteiger partial charge in [0, 0.05) is 39.3 Å². The van der Waals surface area contributed by atoms with Crippen molar-refractivity contribution in [3.63, 3.8) is 0 Å². The molecule has 0 radical (unpaired) electrons. The summed E-state index contributed by atoms with van der Waals surface area (Å²) < 4.78 is 11.1. The highest BCUT2D eigenvalue weighted by Gasteiger charge is 2.20. The average molecular weight is 330 g/mol. The lowest BCUT2D eigenvalue weighted by atomic mass is 10.2. The Morgan fingerprint density at radius 2 is 1.83 bits per heavy atom. The van der Waals surface area contributed by atoms with Crippen LogP contribution in [0, 0.1) is 6.92 Å². The molecule has 0 amide bonds. The summed E-state index contributed by atoms with van der Waals surface area (Å²) in [7, 11) is 0. The molecule has 1 fully saturated rings. The van der Waals surface area contributed by atoms with E-state index >= 15 is 0 Å². The summed E-state index contributed by atoms with van der Waals surface area (Å²) in [6.07, 6.45) is 1.06. The zero-order valence-electron chi connectivity index (χ0n) is 14.2. The van der Waals surface area contributed by atoms with E-state index in [0.29, 0.717) is 18.9 Å². The first kappa shape index (κ1) is 17.0. The van der Waals surface area contributed by atoms with Gasteiger partial charge in [-0.25, -0.2) is 0 Å². The fourth-order valence-electron chi connectivity index (χ4n) is 3.01. The molecule has 1 aromatic heterocycles. The molecular formula is C19H26N2O3. The minimum Gasteiger partial charge on any atom is -0.492 e. The van der Waals surface area contributed by atoms with Gasteiger partial charge in [0.05, 0.1) is 6.26 Å². The Morgan fingerprint density at radius 3 is 2.54 bits per heavy atom. The molecule has 1 aliphatic rings. The molecule has 5 nitrogen and oxygen atoms in total. The van der Waals surface area contributed by atoms with Gasteiger partial charge in [0.2, 0.25) is 0 Å². The fraction of sp³-hybridized carbons (Fsp3) is 0.474. The van der Waals surface area contributed by atoms with Crippen LogP contribution in [0.3, 0.4) is 0 Å². The topological polar surface area (TPSA) is 49.1 Å². The molecule has 0 spiro atoms. The summed E-state index contributed by atoms with van der Waals surface area (Å²) in [6.45, 7) is 8.26. The van der Waals surface area contributed by atoms with Crippen LogP contribution >= 0.6 is 0 Å². The van der Waals surface area contributed by atoms with Crippen LogP contribution in [0.1, 0.15) is 17.4 Å². The van der Waals surface area contributed by atoms with E-state index in [0.717, 1.165) is 38.5 Å². The molecule has 1 N–H and O–H groups in total. The highest BCUT2D eigenvalue weighted by molar-refractivity contribution is 5.31. The number of hydrogen-bond donors (Lipinski definition) is 1. The van der Waals surface area contributed by atoms with Crippen molar-refractivity contribution >= 4 is 0 Å². The van der Waals surface area contributed by atoms with E-state index in [-0.39, 0.29) is 0 Å². The van der Waals surface area contributed by atoms with Crippen LogP contribution in [0.4, 0.5) is 0 Å². The third-order valence-electron chi connectivity index (χ3n) is 4.53. The van der Waals surface area contributed by atoms with Crippen molar-refractivity contribution in [1.82, 2.24) is 9.80 Å². The Balaban J connectivity index is 1.35. The Kier molecular flexibility index (Phi) is 5.91. The van der Waals surface area contributed by atoms with Gasteiger partial charge in [0.15, 0.2) is 0 Å². The molecule has 1 unspecified atom stereocenters. The molecule has 1 saturated heterocycles. The van der Waals surface area contributed by atoms with Crippen LogP contribution in [-0.2, 0) is 0 Å². The molecule has 0 bridgehead atoms. The number of aliphatic hydroxyl groups excluding tert-OH is 1. The van der Waals surface area contributed by atoms with E-state index in [1.807, 2.05) is 30.3 Å². The number of furan rings is 1. The van der Waals surface area contributed by atoms with E-state index in [1.54, 1.807) is 6.26 Å². The van der Waals surface area contributed by atoms with Gasteiger partial charge in [-0.3, -0.25) is 9.80 Å². The summed E-state index contributed by atoms with van der Waals surface area (Å²) in [5, 5.41) is 10.2. The van der Waals surface area contributed by atoms with E-state index in [4.69, 9.17) is 9.15 Å². The number of aryl methyl sites for hydroxylation is 1. The first-order valence-electron chi connectivity index (χ1n) is 8.57. The summed E-state index contributed by atoms with van der Waals surface area (Å²) in [5.41, 5.74) is 1.18. The molecule has 0 saturated carbocycles. The summed E-state index contributed by atoms with van der Waals surface area (Å²) in [5.74, 6) is 1.61. The minimum absolute atomic E-state index is 0.545. The average Bonchev–Trinajstić information content (AvgIpc) is 3.13. The van der Waals surface area contributed by atoms with Crippen LogP contribution in [0.2, 0.25) is 0 Å². The van der Waals surface area contributed by atoms with Crippen LogP contribution in [-0.4, -0.2) is 60.8 Å². The van der Waals surface area contributed by atoms with Crippen molar-refractivity contribution in [3.8, 4) is 5.75 Å². The van der Waals surface area contributed by atoms with Crippen molar-refractivity contribution in [3.05, 3.63) is 54.0 Å². The largest absolute Gasteiger partial charge is 0.492 e. The number of piperazine rings is 1. The Hall–Kier alpha value is -1.82. The maximum Gasteiger partial charge on any atom is 0.133 e. The molecule has 5 heteroatoms. The fourth-order valence-corrected chi connectivity index (χ4v) is 3.01. The number of hydrogen-bond acceptors (Lipinski definition) is 5. The summed E-state index contributed by atoms with van der Waals surface area (Å²) in [6, 6.07) is 11.8. The zero-order chi connectivity index (χ0) is 16.8. The molecule has 3 rings (SSSR count). The standard InChI is InChI=1S/C19H26N2O3/c1-16-5-2-3-6-18(16)24-14-12-20-8-10-21(11-9-20)15-17(22)19-7-4-13-23-19/h2-7,13,17,22H,8-12,14-15H2,1H3. The molecule has 1 aromatic carbocycles. The Bertz CT molecular complexity index is 607. The monoisotopic (exact) mass is 330 g/mol. The second kappa shape index (κ2) is 8.33. The molecule has 1 aliphatic heterocycles. The maximum atomic E-state index is 10.2. The van der Waals surface area contributed by atoms with E-state index in [9.17, 15) is 5.11 Å². The van der Waals surface area contributed by atoms with Crippen LogP contribution < -0.4 is 4.74 Å². The second-order valence-electron chi connectivity index (χ2n) is 6.29. The number of ether oxygens (including phenoxy) is 1. The quantitative estimate of drug-likeness (QED) is 0.844. The van der Waals surface area contributed by atoms with Crippen molar-refractivity contribution < 1.29 is 14.3 Å². The molecule has 2 aromatic rings. The van der Waals surface area contributed by atoms with Gasteiger partial charge in [-0.2, -0.15) is 0 Å². The third kappa shape index (κ3) is 4.60. The van der Waals surface area contributed by atoms with Crippen molar-refractivity contribution in [2.45, 2.75) is 13.0 Å². The predicted molar refractivity (Wildman–Crippen MR) is 93.2 cm³/mol. The Labute approximate surface area is 143 Å². The number of aliphatic hydroxyl groups is 1. The van der Waals surface area contributed by atoms with E-state index in [1.165, 1.54) is 5.56 Å². The maximum absolute atomic E-state index is 10.2. The van der Waals surface area contributed by atoms with E-state index in [2.05, 4.69) is 22.8 Å². The number of rotatable bonds is 7. The van der Waals surface area contributed by atoms with Gasteiger partial charge < -0.3 is 14.3 Å². The van der Waals surface area contributed by atoms with Gasteiger partial charge in [-0.05, 0) is 30.7 Å². The van der Waals surface area contributed by atoms with Gasteiger partial charge in [0.25, 0.3) is 0 Å². The lowest BCUT2D eigenvalue weighted by Crippen LogP contribution is -2.48. The number of para-hydroxylation sites is 1. The molecule has 1 atom stereocenters. The van der Waals surface area contributed by atoms with Gasteiger partial charge in [-0.15, -0.1) is 0 Å². The highest BCUT2D eigenvalue weighted by atomic mass is 16.5. The molecular weight excluding hydrogens is 304 g/mol. The van der Waals surface area contributed by atoms with Gasteiger partial charge in [-0.1, -0.05) is 18.2 Å². The van der Waals surface area contributed by atoms with Crippen LogP contribution in [0.25, 0.3) is 0 Å². The first-order valence-corrected chi connectivity index (χ1v) is 8.57. The number of nitrogens with zero attached hydrogens (tertiary/aromatic N) is 2. The summed E-state index contributed by atoms with van der Waals surface area (Å²) >= 11 is 0. The molecule has 2 heterocycles. The predicted octanol–water partition coefficient (Wildman–Crippen LogP) is 2.32. The van der Waals surface area contributed by atoms with Crippen molar-refractivity contribution in [2.75, 3.05) is 45.9 Å². The first-order chi connectivity index (χ1) is 11.7. The third-order valence-corrected chi connectivity index (χ3v) is 4.53. The molecule has 0 aliphatic carbocycles. The molecule has 130 valence electrons. The SMILES string of the molecule is Cc1ccccc1OCCN1CCN(CC(O)c2ccco2)CC1. The normalized spacial score (nSPS) is 17.8. The smallest absolute Gasteiger partial charge is 0.133 e. The van der Waals surface area contributed by atoms with Crippen molar-refractivity contribution in [2.24, 2.45) is 0 Å². The minimum atomic E-state index is -0.545. The van der Waals surface area contributed by atoms with Crippen LogP contribution in [0.5, 0.6) is 5.75 Å². The van der Waals surface area contributed by atoms with Gasteiger partial charge >= 0.3 is 0 Å². The van der Waals surface area contributed by atoms with Gasteiger partial charge in [0.1, 0.15) is 24.2 Å². The van der Waals surface area contributed by atoms with Crippen molar-refractivity contribution in [1.29, 1.82) is 0 Å². The number of β-amino-alcohol motifs (C(OH)–C–C–N with tert-alkyl or cyclic N) is 1. The van der Waals surface area contributed by atoms with E-state index < -0.39 is 6.10 Å². The lowest BCUT2D eigenvalue weighted by Gasteiger charge is -2.35. The second-order valence-corrected chi connectivity index (χ2v) is 6.29. The lowest BCUT2D eigenvalue weighted by molar-refractivity contribution is 0.0580. The highest BCUT2D eigenvalue weighted by Crippen LogP contribution is 2.17. The number of benzene rings is 1. The zero-order valence-corrected chi connectivity index (χ0v) is 14.2.